The van der Waals surface area contributed by atoms with Crippen LogP contribution in [0.25, 0.3) is 0 Å². The van der Waals surface area contributed by atoms with E-state index in [1.165, 1.54) is 48.5 Å². The molecular formula is C30H26O10. The fourth-order valence-corrected chi connectivity index (χ4v) is 5.53. The quantitative estimate of drug-likeness (QED) is 0.177. The number of benzene rings is 4. The van der Waals surface area contributed by atoms with Crippen LogP contribution in [0.4, 0.5) is 0 Å². The Hall–Kier alpha value is -4.80. The SMILES string of the molecule is Oc1ccc(C2c3cc(C4Oc5cc(O)ccc5CC4O)cc(O)c3OC(c3ccc(O)c(O)c3)C2O)c(O)c1. The van der Waals surface area contributed by atoms with Crippen molar-refractivity contribution >= 4 is 0 Å². The van der Waals surface area contributed by atoms with E-state index in [2.05, 4.69) is 0 Å². The summed E-state index contributed by atoms with van der Waals surface area (Å²) < 4.78 is 12.1. The van der Waals surface area contributed by atoms with Crippen molar-refractivity contribution in [3.8, 4) is 46.0 Å². The lowest BCUT2D eigenvalue weighted by molar-refractivity contribution is 0.00501. The zero-order valence-corrected chi connectivity index (χ0v) is 20.8. The van der Waals surface area contributed by atoms with Crippen molar-refractivity contribution in [1.29, 1.82) is 0 Å². The van der Waals surface area contributed by atoms with E-state index < -0.39 is 36.1 Å². The Morgan fingerprint density at radius 1 is 0.575 bits per heavy atom. The van der Waals surface area contributed by atoms with E-state index in [-0.39, 0.29) is 52.0 Å². The summed E-state index contributed by atoms with van der Waals surface area (Å²) in [6.07, 6.45) is -4.23. The Morgan fingerprint density at radius 2 is 1.30 bits per heavy atom. The van der Waals surface area contributed by atoms with Gasteiger partial charge in [0.1, 0.15) is 35.2 Å². The van der Waals surface area contributed by atoms with Gasteiger partial charge in [-0.15, -0.1) is 0 Å². The number of aliphatic hydroxyl groups excluding tert-OH is 2. The second-order valence-corrected chi connectivity index (χ2v) is 10.1. The van der Waals surface area contributed by atoms with Crippen LogP contribution in [0.15, 0.2) is 66.7 Å². The minimum absolute atomic E-state index is 0.00659. The number of rotatable bonds is 3. The first-order valence-corrected chi connectivity index (χ1v) is 12.5. The van der Waals surface area contributed by atoms with Gasteiger partial charge in [0.05, 0.1) is 6.10 Å². The summed E-state index contributed by atoms with van der Waals surface area (Å²) in [5.74, 6) is -2.27. The van der Waals surface area contributed by atoms with Crippen molar-refractivity contribution in [2.45, 2.75) is 36.8 Å². The molecule has 6 rings (SSSR count). The molecule has 4 aromatic rings. The zero-order chi connectivity index (χ0) is 28.3. The molecule has 2 heterocycles. The van der Waals surface area contributed by atoms with Gasteiger partial charge >= 0.3 is 0 Å². The van der Waals surface area contributed by atoms with Gasteiger partial charge in [0, 0.05) is 35.6 Å². The lowest BCUT2D eigenvalue weighted by Gasteiger charge is -2.39. The molecule has 0 fully saturated rings. The third-order valence-electron chi connectivity index (χ3n) is 7.44. The molecule has 0 saturated heterocycles. The van der Waals surface area contributed by atoms with Gasteiger partial charge in [-0.05, 0) is 53.1 Å². The lowest BCUT2D eigenvalue weighted by atomic mass is 9.78. The minimum atomic E-state index is -1.38. The smallest absolute Gasteiger partial charge is 0.165 e. The number of aromatic hydroxyl groups is 6. The van der Waals surface area contributed by atoms with Crippen molar-refractivity contribution in [3.63, 3.8) is 0 Å². The van der Waals surface area contributed by atoms with E-state index in [0.717, 1.165) is 6.07 Å². The minimum Gasteiger partial charge on any atom is -0.508 e. The van der Waals surface area contributed by atoms with Crippen LogP contribution in [0.1, 0.15) is 45.9 Å². The van der Waals surface area contributed by atoms with E-state index in [1.807, 2.05) is 0 Å². The number of hydrogen-bond acceptors (Lipinski definition) is 10. The molecule has 5 atom stereocenters. The van der Waals surface area contributed by atoms with E-state index >= 15 is 0 Å². The first-order chi connectivity index (χ1) is 19.1. The standard InChI is InChI=1S/C30H26O10/c31-16-4-5-18(21(34)11-16)26-19-7-15(28-23(36)8-13-1-3-17(32)12-25(13)39-28)10-24(37)30(19)40-29(27(26)38)14-2-6-20(33)22(35)9-14/h1-7,9-12,23,26-29,31-38H,8H2. The van der Waals surface area contributed by atoms with Gasteiger partial charge in [-0.3, -0.25) is 0 Å². The van der Waals surface area contributed by atoms with E-state index in [0.29, 0.717) is 22.4 Å². The Balaban J connectivity index is 1.49. The summed E-state index contributed by atoms with van der Waals surface area (Å²) >= 11 is 0. The summed E-state index contributed by atoms with van der Waals surface area (Å²) in [7, 11) is 0. The van der Waals surface area contributed by atoms with Crippen LogP contribution < -0.4 is 9.47 Å². The Morgan fingerprint density at radius 3 is 2.05 bits per heavy atom. The Labute approximate surface area is 227 Å². The molecule has 206 valence electrons. The molecule has 0 aliphatic carbocycles. The number of fused-ring (bicyclic) bond motifs is 2. The number of phenols is 6. The predicted octanol–water partition coefficient (Wildman–Crippen LogP) is 3.58. The van der Waals surface area contributed by atoms with Gasteiger partial charge in [-0.1, -0.05) is 18.2 Å². The number of phenolic OH excluding ortho intramolecular Hbond substituents is 6. The molecule has 5 unspecified atom stereocenters. The second kappa shape index (κ2) is 9.44. The Bertz CT molecular complexity index is 1620. The second-order valence-electron chi connectivity index (χ2n) is 10.1. The molecule has 0 radical (unpaired) electrons. The summed E-state index contributed by atoms with van der Waals surface area (Å²) in [6.45, 7) is 0. The average Bonchev–Trinajstić information content (AvgIpc) is 2.90. The summed E-state index contributed by atoms with van der Waals surface area (Å²) in [5.41, 5.74) is 1.86. The fraction of sp³-hybridized carbons (Fsp3) is 0.200. The van der Waals surface area contributed by atoms with Crippen molar-refractivity contribution in [2.24, 2.45) is 0 Å². The lowest BCUT2D eigenvalue weighted by Crippen LogP contribution is -2.36. The van der Waals surface area contributed by atoms with Crippen LogP contribution in [-0.4, -0.2) is 53.1 Å². The largest absolute Gasteiger partial charge is 0.508 e. The first-order valence-electron chi connectivity index (χ1n) is 12.5. The van der Waals surface area contributed by atoms with Crippen LogP contribution in [-0.2, 0) is 6.42 Å². The highest BCUT2D eigenvalue weighted by molar-refractivity contribution is 5.59. The Kier molecular flexibility index (Phi) is 6.01. The highest BCUT2D eigenvalue weighted by Gasteiger charge is 2.43. The molecule has 0 bridgehead atoms. The highest BCUT2D eigenvalue weighted by Crippen LogP contribution is 2.53. The highest BCUT2D eigenvalue weighted by atomic mass is 16.5. The molecule has 0 amide bonds. The van der Waals surface area contributed by atoms with Gasteiger partial charge < -0.3 is 50.3 Å². The predicted molar refractivity (Wildman–Crippen MR) is 140 cm³/mol. The van der Waals surface area contributed by atoms with E-state index in [9.17, 15) is 40.9 Å². The molecule has 40 heavy (non-hydrogen) atoms. The molecule has 0 saturated carbocycles. The molecule has 0 spiro atoms. The summed E-state index contributed by atoms with van der Waals surface area (Å²) in [5, 5.41) is 84.0. The van der Waals surface area contributed by atoms with Gasteiger partial charge in [0.25, 0.3) is 0 Å². The summed E-state index contributed by atoms with van der Waals surface area (Å²) in [4.78, 5) is 0. The van der Waals surface area contributed by atoms with E-state index in [4.69, 9.17) is 9.47 Å². The zero-order valence-electron chi connectivity index (χ0n) is 20.8. The van der Waals surface area contributed by atoms with Gasteiger partial charge in [-0.2, -0.15) is 0 Å². The molecule has 10 nitrogen and oxygen atoms in total. The summed E-state index contributed by atoms with van der Waals surface area (Å²) in [6, 6.07) is 15.4. The van der Waals surface area contributed by atoms with Crippen LogP contribution in [0.3, 0.4) is 0 Å². The monoisotopic (exact) mass is 546 g/mol. The molecule has 2 aliphatic rings. The molecule has 2 aliphatic heterocycles. The molecule has 4 aromatic carbocycles. The maximum absolute atomic E-state index is 11.6. The van der Waals surface area contributed by atoms with Crippen LogP contribution in [0, 0.1) is 0 Å². The first kappa shape index (κ1) is 25.5. The van der Waals surface area contributed by atoms with Gasteiger partial charge in [-0.25, -0.2) is 0 Å². The molecule has 0 aromatic heterocycles. The normalized spacial score (nSPS) is 23.4. The van der Waals surface area contributed by atoms with Gasteiger partial charge in [0.15, 0.2) is 29.1 Å². The van der Waals surface area contributed by atoms with Crippen molar-refractivity contribution in [3.05, 3.63) is 94.5 Å². The van der Waals surface area contributed by atoms with Crippen LogP contribution >= 0.6 is 0 Å². The third kappa shape index (κ3) is 4.23. The van der Waals surface area contributed by atoms with Crippen molar-refractivity contribution in [1.82, 2.24) is 0 Å². The van der Waals surface area contributed by atoms with Crippen molar-refractivity contribution in [2.75, 3.05) is 0 Å². The number of hydrogen-bond donors (Lipinski definition) is 8. The average molecular weight is 547 g/mol. The molecular weight excluding hydrogens is 520 g/mol. The third-order valence-corrected chi connectivity index (χ3v) is 7.44. The number of ether oxygens (including phenoxy) is 2. The molecule has 10 heteroatoms. The van der Waals surface area contributed by atoms with Crippen LogP contribution in [0.5, 0.6) is 46.0 Å². The molecule has 8 N–H and O–H groups in total. The van der Waals surface area contributed by atoms with Crippen molar-refractivity contribution < 1.29 is 50.3 Å². The topological polar surface area (TPSA) is 180 Å². The maximum atomic E-state index is 11.6. The maximum Gasteiger partial charge on any atom is 0.165 e. The fourth-order valence-electron chi connectivity index (χ4n) is 5.53. The number of aliphatic hydroxyl groups is 2. The van der Waals surface area contributed by atoms with Gasteiger partial charge in [0.2, 0.25) is 0 Å². The van der Waals surface area contributed by atoms with E-state index in [1.54, 1.807) is 12.1 Å². The van der Waals surface area contributed by atoms with Crippen LogP contribution in [0.2, 0.25) is 0 Å².